The monoisotopic (exact) mass is 252 g/mol. The number of nitrogens with one attached hydrogen (secondary N) is 2. The number of hydrogen-bond donors (Lipinski definition) is 3. The molecule has 0 saturated heterocycles. The molecule has 0 aliphatic rings. The molecule has 1 amide bonds. The summed E-state index contributed by atoms with van der Waals surface area (Å²) in [7, 11) is -2.83. The number of likely N-dealkylation sites (N-methyl/N-ethyl adjacent to an activating group) is 1. The average Bonchev–Trinajstić information content (AvgIpc) is 1.98. The molecule has 0 aromatic carbocycles. The molecule has 0 unspecified atom stereocenters. The number of nitrogens with zero attached hydrogens (tertiary/aromatic N) is 1. The topological polar surface area (TPSA) is 126 Å². The molecule has 0 aliphatic carbocycles. The van der Waals surface area contributed by atoms with Gasteiger partial charge < -0.3 is 10.5 Å². The normalized spacial score (nSPS) is 11.6. The Morgan fingerprint density at radius 3 is 2.44 bits per heavy atom. The molecular formula is C7H16N4O4S. The van der Waals surface area contributed by atoms with Crippen molar-refractivity contribution in [3.8, 4) is 0 Å². The van der Waals surface area contributed by atoms with E-state index in [9.17, 15) is 13.2 Å². The maximum absolute atomic E-state index is 11.4. The fraction of sp³-hybridized carbons (Fsp3) is 0.714. The van der Waals surface area contributed by atoms with Crippen molar-refractivity contribution >= 4 is 22.1 Å². The Morgan fingerprint density at radius 1 is 1.56 bits per heavy atom. The van der Waals surface area contributed by atoms with Crippen molar-refractivity contribution in [1.29, 1.82) is 5.41 Å². The first-order chi connectivity index (χ1) is 7.15. The highest BCUT2D eigenvalue weighted by atomic mass is 32.2. The zero-order valence-electron chi connectivity index (χ0n) is 9.35. The molecule has 0 atom stereocenters. The number of amides is 1. The van der Waals surface area contributed by atoms with Gasteiger partial charge in [0, 0.05) is 7.05 Å². The van der Waals surface area contributed by atoms with Crippen molar-refractivity contribution in [1.82, 2.24) is 9.03 Å². The first-order valence-corrected chi connectivity index (χ1v) is 5.86. The maximum atomic E-state index is 11.4. The van der Waals surface area contributed by atoms with Gasteiger partial charge in [-0.15, -0.1) is 0 Å². The number of amidine groups is 1. The van der Waals surface area contributed by atoms with E-state index in [1.165, 1.54) is 7.05 Å². The van der Waals surface area contributed by atoms with E-state index in [-0.39, 0.29) is 12.4 Å². The summed E-state index contributed by atoms with van der Waals surface area (Å²) in [6.07, 6.45) is -1.49. The molecule has 0 radical (unpaired) electrons. The lowest BCUT2D eigenvalue weighted by atomic mass is 10.5. The molecule has 9 heteroatoms. The molecule has 0 bridgehead atoms. The van der Waals surface area contributed by atoms with Gasteiger partial charge >= 0.3 is 16.3 Å². The summed E-state index contributed by atoms with van der Waals surface area (Å²) in [5.41, 5.74) is 5.03. The summed E-state index contributed by atoms with van der Waals surface area (Å²) in [6.45, 7) is 2.88. The molecule has 94 valence electrons. The second kappa shape index (κ2) is 5.66. The van der Waals surface area contributed by atoms with Gasteiger partial charge in [0.2, 0.25) is 0 Å². The van der Waals surface area contributed by atoms with Gasteiger partial charge in [0.25, 0.3) is 0 Å². The van der Waals surface area contributed by atoms with Gasteiger partial charge in [-0.3, -0.25) is 5.41 Å². The first kappa shape index (κ1) is 14.6. The number of carbonyl (C=O) groups excluding carboxylic acids is 1. The number of carbonyl (C=O) groups is 1. The zero-order valence-corrected chi connectivity index (χ0v) is 10.2. The Balaban J connectivity index is 4.45. The lowest BCUT2D eigenvalue weighted by Gasteiger charge is -2.17. The minimum absolute atomic E-state index is 0.301. The van der Waals surface area contributed by atoms with E-state index < -0.39 is 22.4 Å². The number of nitrogens with two attached hydrogens (primary N) is 1. The van der Waals surface area contributed by atoms with Gasteiger partial charge in [-0.05, 0) is 13.8 Å². The Labute approximate surface area is 94.4 Å². The van der Waals surface area contributed by atoms with Gasteiger partial charge in [-0.1, -0.05) is 0 Å². The summed E-state index contributed by atoms with van der Waals surface area (Å²) in [6, 6.07) is 0. The van der Waals surface area contributed by atoms with Crippen LogP contribution in [0, 0.1) is 5.41 Å². The smallest absolute Gasteiger partial charge is 0.422 e. The summed E-state index contributed by atoms with van der Waals surface area (Å²) >= 11 is 0. The highest BCUT2D eigenvalue weighted by molar-refractivity contribution is 7.87. The van der Waals surface area contributed by atoms with Crippen molar-refractivity contribution in [2.45, 2.75) is 20.0 Å². The van der Waals surface area contributed by atoms with Crippen LogP contribution in [0.4, 0.5) is 4.79 Å². The second-order valence-corrected chi connectivity index (χ2v) is 5.12. The van der Waals surface area contributed by atoms with Crippen molar-refractivity contribution in [3.05, 3.63) is 0 Å². The van der Waals surface area contributed by atoms with E-state index in [0.717, 1.165) is 4.31 Å². The molecule has 0 heterocycles. The van der Waals surface area contributed by atoms with E-state index >= 15 is 0 Å². The predicted molar refractivity (Wildman–Crippen MR) is 58.2 cm³/mol. The maximum Gasteiger partial charge on any atom is 0.422 e. The molecule has 0 aromatic heterocycles. The second-order valence-electron chi connectivity index (χ2n) is 3.34. The van der Waals surface area contributed by atoms with Gasteiger partial charge in [0.05, 0.1) is 12.6 Å². The summed E-state index contributed by atoms with van der Waals surface area (Å²) < 4.78 is 29.9. The Kier molecular flexibility index (Phi) is 5.18. The molecule has 0 rings (SSSR count). The van der Waals surface area contributed by atoms with Gasteiger partial charge in [-0.25, -0.2) is 9.52 Å². The molecule has 4 N–H and O–H groups in total. The SMILES string of the molecule is CC(C)OC(=O)NS(=O)(=O)N(C)CC(=N)N. The molecule has 0 fully saturated rings. The summed E-state index contributed by atoms with van der Waals surface area (Å²) in [4.78, 5) is 11.0. The van der Waals surface area contributed by atoms with Crippen LogP contribution in [0.15, 0.2) is 0 Å². The minimum atomic E-state index is -4.01. The van der Waals surface area contributed by atoms with E-state index in [4.69, 9.17) is 11.1 Å². The Hall–Kier alpha value is -1.35. The molecular weight excluding hydrogens is 236 g/mol. The standard InChI is InChI=1S/C7H16N4O4S/c1-5(2)15-7(12)10-16(13,14)11(3)4-6(8)9/h5H,4H2,1-3H3,(H3,8,9)(H,10,12). The van der Waals surface area contributed by atoms with Crippen LogP contribution < -0.4 is 10.5 Å². The van der Waals surface area contributed by atoms with Crippen LogP contribution in [0.1, 0.15) is 13.8 Å². The van der Waals surface area contributed by atoms with Crippen molar-refractivity contribution < 1.29 is 17.9 Å². The van der Waals surface area contributed by atoms with Crippen LogP contribution >= 0.6 is 0 Å². The van der Waals surface area contributed by atoms with Gasteiger partial charge in [-0.2, -0.15) is 12.7 Å². The minimum Gasteiger partial charge on any atom is -0.446 e. The third kappa shape index (κ3) is 5.51. The zero-order chi connectivity index (χ0) is 12.9. The number of hydrogen-bond acceptors (Lipinski definition) is 5. The van der Waals surface area contributed by atoms with E-state index in [2.05, 4.69) is 4.74 Å². The van der Waals surface area contributed by atoms with E-state index in [1.807, 2.05) is 0 Å². The molecule has 8 nitrogen and oxygen atoms in total. The Bertz CT molecular complexity index is 365. The summed E-state index contributed by atoms with van der Waals surface area (Å²) in [5, 5.41) is 6.93. The molecule has 0 aromatic rings. The predicted octanol–water partition coefficient (Wildman–Crippen LogP) is -0.766. The average molecular weight is 252 g/mol. The largest absolute Gasteiger partial charge is 0.446 e. The van der Waals surface area contributed by atoms with Crippen LogP contribution in [-0.2, 0) is 14.9 Å². The van der Waals surface area contributed by atoms with Crippen molar-refractivity contribution in [2.24, 2.45) is 5.73 Å². The first-order valence-electron chi connectivity index (χ1n) is 4.42. The lowest BCUT2D eigenvalue weighted by Crippen LogP contribution is -2.45. The van der Waals surface area contributed by atoms with Crippen LogP contribution in [-0.4, -0.2) is 44.3 Å². The highest BCUT2D eigenvalue weighted by Gasteiger charge is 2.22. The van der Waals surface area contributed by atoms with Crippen LogP contribution in [0.5, 0.6) is 0 Å². The molecule has 0 spiro atoms. The van der Waals surface area contributed by atoms with Gasteiger partial charge in [0.15, 0.2) is 0 Å². The third-order valence-corrected chi connectivity index (χ3v) is 2.73. The summed E-state index contributed by atoms with van der Waals surface area (Å²) in [5.74, 6) is -0.329. The van der Waals surface area contributed by atoms with Crippen molar-refractivity contribution in [2.75, 3.05) is 13.6 Å². The fourth-order valence-corrected chi connectivity index (χ4v) is 1.47. The number of ether oxygens (including phenoxy) is 1. The molecule has 0 aliphatic heterocycles. The highest BCUT2D eigenvalue weighted by Crippen LogP contribution is 1.95. The van der Waals surface area contributed by atoms with E-state index in [0.29, 0.717) is 0 Å². The molecule has 16 heavy (non-hydrogen) atoms. The van der Waals surface area contributed by atoms with Crippen LogP contribution in [0.3, 0.4) is 0 Å². The third-order valence-electron chi connectivity index (χ3n) is 1.36. The lowest BCUT2D eigenvalue weighted by molar-refractivity contribution is 0.121. The quantitative estimate of drug-likeness (QED) is 0.437. The number of rotatable bonds is 5. The Morgan fingerprint density at radius 2 is 2.06 bits per heavy atom. The van der Waals surface area contributed by atoms with E-state index in [1.54, 1.807) is 18.6 Å². The molecule has 0 saturated carbocycles. The van der Waals surface area contributed by atoms with Crippen LogP contribution in [0.25, 0.3) is 0 Å². The fourth-order valence-electron chi connectivity index (χ4n) is 0.746. The van der Waals surface area contributed by atoms with Crippen molar-refractivity contribution in [3.63, 3.8) is 0 Å². The van der Waals surface area contributed by atoms with Crippen LogP contribution in [0.2, 0.25) is 0 Å². The van der Waals surface area contributed by atoms with Gasteiger partial charge in [0.1, 0.15) is 5.84 Å².